The van der Waals surface area contributed by atoms with Gasteiger partial charge in [-0.3, -0.25) is 9.69 Å². The van der Waals surface area contributed by atoms with Crippen LogP contribution in [0.5, 0.6) is 5.75 Å². The van der Waals surface area contributed by atoms with E-state index >= 15 is 0 Å². The number of hydrogen-bond donors (Lipinski definition) is 1. The molecule has 49 heavy (non-hydrogen) atoms. The third-order valence-corrected chi connectivity index (χ3v) is 12.5. The number of carbonyl (C=O) groups is 1. The van der Waals surface area contributed by atoms with Gasteiger partial charge >= 0.3 is 0 Å². The second-order valence-electron chi connectivity index (χ2n) is 14.8. The molecule has 4 atom stereocenters. The van der Waals surface area contributed by atoms with Crippen LogP contribution in [0.1, 0.15) is 50.7 Å². The van der Waals surface area contributed by atoms with E-state index in [0.29, 0.717) is 49.3 Å². The van der Waals surface area contributed by atoms with E-state index in [9.17, 15) is 22.0 Å². The Balaban J connectivity index is 1.24. The van der Waals surface area contributed by atoms with E-state index in [1.807, 2.05) is 18.2 Å². The Morgan fingerprint density at radius 3 is 2.67 bits per heavy atom. The normalized spacial score (nSPS) is 31.2. The monoisotopic (exact) mass is 719 g/mol. The SMILES string of the molecule is CC1(C)OC/C=C/[C@H](OCCN2CC(F)(F)C2)[C@@H]2CC[C@H]2CN2C[C@@]3(CCCc4cc(Cl)ccc43)COc3ccc(cc32)S(=O)(=O)NC1=O. The predicted molar refractivity (Wildman–Crippen MR) is 182 cm³/mol. The molecular formula is C36H44ClF2N3O6S. The molecule has 7 rings (SSSR count). The van der Waals surface area contributed by atoms with Crippen LogP contribution < -0.4 is 14.4 Å². The summed E-state index contributed by atoms with van der Waals surface area (Å²) in [6, 6.07) is 10.8. The number of carbonyl (C=O) groups excluding carboxylic acids is 1. The summed E-state index contributed by atoms with van der Waals surface area (Å²) in [5, 5.41) is 0.698. The van der Waals surface area contributed by atoms with Gasteiger partial charge in [-0.15, -0.1) is 0 Å². The molecule has 1 spiro atoms. The van der Waals surface area contributed by atoms with E-state index in [1.54, 1.807) is 23.1 Å². The largest absolute Gasteiger partial charge is 0.490 e. The third kappa shape index (κ3) is 7.08. The standard InChI is InChI=1S/C36H44ClF2N3O6S/c1-34(2)33(43)40-49(44,45)27-9-12-32-30(18-27)42(20-35(23-47-32)13-3-5-24-17-26(37)8-11-29(24)35)19-25-7-10-28(25)31(6-4-15-48-34)46-16-14-41-21-36(38,39)22-41/h4,6,8-9,11-12,17-18,25,28,31H,3,5,7,10,13-16,19-23H2,1-2H3,(H,40,43)/b6-4+/t25-,28+,31-,35-/m0/s1. The zero-order valence-electron chi connectivity index (χ0n) is 27.9. The van der Waals surface area contributed by atoms with Crippen molar-refractivity contribution in [1.29, 1.82) is 0 Å². The van der Waals surface area contributed by atoms with Crippen molar-refractivity contribution < 1.29 is 36.2 Å². The number of likely N-dealkylation sites (tertiary alicyclic amines) is 1. The molecule has 266 valence electrons. The van der Waals surface area contributed by atoms with Crippen LogP contribution in [-0.2, 0) is 36.1 Å². The maximum Gasteiger partial charge on any atom is 0.272 e. The first kappa shape index (κ1) is 34.7. The van der Waals surface area contributed by atoms with Gasteiger partial charge in [0, 0.05) is 30.1 Å². The van der Waals surface area contributed by atoms with Crippen LogP contribution in [0, 0.1) is 11.8 Å². The molecule has 13 heteroatoms. The van der Waals surface area contributed by atoms with Gasteiger partial charge in [-0.2, -0.15) is 0 Å². The average Bonchev–Trinajstić information content (AvgIpc) is 3.16. The molecule has 1 saturated carbocycles. The molecule has 2 aromatic rings. The van der Waals surface area contributed by atoms with Crippen molar-refractivity contribution in [1.82, 2.24) is 9.62 Å². The van der Waals surface area contributed by atoms with E-state index in [0.717, 1.165) is 32.1 Å². The van der Waals surface area contributed by atoms with Crippen molar-refractivity contribution in [3.05, 3.63) is 64.7 Å². The highest BCUT2D eigenvalue weighted by molar-refractivity contribution is 7.90. The van der Waals surface area contributed by atoms with Crippen molar-refractivity contribution in [2.45, 2.75) is 73.9 Å². The number of amides is 1. The Bertz CT molecular complexity index is 1730. The van der Waals surface area contributed by atoms with Crippen LogP contribution >= 0.6 is 11.6 Å². The van der Waals surface area contributed by atoms with Gasteiger partial charge in [-0.1, -0.05) is 29.8 Å². The lowest BCUT2D eigenvalue weighted by molar-refractivity contribution is -0.139. The van der Waals surface area contributed by atoms with Gasteiger partial charge in [0.05, 0.1) is 49.6 Å². The van der Waals surface area contributed by atoms with Gasteiger partial charge in [0.15, 0.2) is 0 Å². The van der Waals surface area contributed by atoms with Gasteiger partial charge < -0.3 is 19.1 Å². The molecular weight excluding hydrogens is 676 g/mol. The number of benzene rings is 2. The summed E-state index contributed by atoms with van der Waals surface area (Å²) in [6.07, 6.45) is 8.15. The minimum atomic E-state index is -4.24. The number of aryl methyl sites for hydroxylation is 1. The Hall–Kier alpha value is -2.77. The highest BCUT2D eigenvalue weighted by Crippen LogP contribution is 2.47. The minimum absolute atomic E-state index is 0.0364. The molecule has 5 aliphatic rings. The fraction of sp³-hybridized carbons (Fsp3) is 0.583. The molecule has 3 heterocycles. The summed E-state index contributed by atoms with van der Waals surface area (Å²) < 4.78 is 75.1. The smallest absolute Gasteiger partial charge is 0.272 e. The maximum atomic E-state index is 13.6. The summed E-state index contributed by atoms with van der Waals surface area (Å²) in [7, 11) is -4.24. The molecule has 0 radical (unpaired) electrons. The number of nitrogens with zero attached hydrogens (tertiary/aromatic N) is 2. The lowest BCUT2D eigenvalue weighted by atomic mass is 9.68. The average molecular weight is 720 g/mol. The first-order valence-electron chi connectivity index (χ1n) is 17.1. The highest BCUT2D eigenvalue weighted by atomic mass is 35.5. The predicted octanol–water partition coefficient (Wildman–Crippen LogP) is 5.35. The van der Waals surface area contributed by atoms with Crippen LogP contribution in [0.2, 0.25) is 5.02 Å². The summed E-state index contributed by atoms with van der Waals surface area (Å²) in [4.78, 5) is 17.1. The number of alkyl halides is 2. The number of anilines is 1. The van der Waals surface area contributed by atoms with Gasteiger partial charge in [0.2, 0.25) is 0 Å². The Morgan fingerprint density at radius 1 is 1.10 bits per heavy atom. The number of hydrogen-bond acceptors (Lipinski definition) is 8. The number of sulfonamides is 1. The highest BCUT2D eigenvalue weighted by Gasteiger charge is 2.46. The Kier molecular flexibility index (Phi) is 9.26. The first-order valence-corrected chi connectivity index (χ1v) is 19.0. The lowest BCUT2D eigenvalue weighted by Crippen LogP contribution is -2.57. The van der Waals surface area contributed by atoms with E-state index in [2.05, 4.69) is 15.7 Å². The number of ether oxygens (including phenoxy) is 3. The van der Waals surface area contributed by atoms with Crippen molar-refractivity contribution >= 4 is 33.2 Å². The van der Waals surface area contributed by atoms with E-state index < -0.39 is 27.5 Å². The Labute approximate surface area is 291 Å². The summed E-state index contributed by atoms with van der Waals surface area (Å²) >= 11 is 6.42. The molecule has 3 aliphatic heterocycles. The van der Waals surface area contributed by atoms with E-state index in [4.69, 9.17) is 25.8 Å². The zero-order valence-corrected chi connectivity index (χ0v) is 29.5. The minimum Gasteiger partial charge on any atom is -0.490 e. The van der Waals surface area contributed by atoms with E-state index in [-0.39, 0.29) is 47.9 Å². The Morgan fingerprint density at radius 2 is 1.92 bits per heavy atom. The number of nitrogens with one attached hydrogen (secondary N) is 1. The van der Waals surface area contributed by atoms with Crippen LogP contribution in [0.25, 0.3) is 0 Å². The topological polar surface area (TPSA) is 97.4 Å². The maximum absolute atomic E-state index is 13.6. The molecule has 1 amide bonds. The lowest BCUT2D eigenvalue weighted by Gasteiger charge is -2.46. The molecule has 2 aliphatic carbocycles. The molecule has 1 saturated heterocycles. The third-order valence-electron chi connectivity index (χ3n) is 10.9. The molecule has 9 nitrogen and oxygen atoms in total. The van der Waals surface area contributed by atoms with Crippen LogP contribution in [-0.4, -0.2) is 89.4 Å². The van der Waals surface area contributed by atoms with Crippen molar-refractivity contribution in [3.63, 3.8) is 0 Å². The van der Waals surface area contributed by atoms with Crippen molar-refractivity contribution in [2.24, 2.45) is 11.8 Å². The fourth-order valence-corrected chi connectivity index (χ4v) is 9.34. The number of halogens is 3. The zero-order chi connectivity index (χ0) is 34.6. The fourth-order valence-electron chi connectivity index (χ4n) is 8.02. The summed E-state index contributed by atoms with van der Waals surface area (Å²) in [5.41, 5.74) is 1.28. The first-order chi connectivity index (χ1) is 23.2. The molecule has 1 N–H and O–H groups in total. The van der Waals surface area contributed by atoms with Crippen LogP contribution in [0.3, 0.4) is 0 Å². The van der Waals surface area contributed by atoms with Gasteiger partial charge in [-0.25, -0.2) is 21.9 Å². The molecule has 2 bridgehead atoms. The quantitative estimate of drug-likeness (QED) is 0.423. The van der Waals surface area contributed by atoms with Crippen LogP contribution in [0.15, 0.2) is 53.4 Å². The van der Waals surface area contributed by atoms with Gasteiger partial charge in [0.25, 0.3) is 21.9 Å². The molecule has 2 aromatic carbocycles. The number of rotatable bonds is 4. The van der Waals surface area contributed by atoms with Crippen molar-refractivity contribution in [3.8, 4) is 5.75 Å². The summed E-state index contributed by atoms with van der Waals surface area (Å²) in [5.74, 6) is -2.48. The molecule has 0 unspecified atom stereocenters. The number of fused-ring (bicyclic) bond motifs is 4. The summed E-state index contributed by atoms with van der Waals surface area (Å²) in [6.45, 7) is 5.01. The van der Waals surface area contributed by atoms with Crippen LogP contribution in [0.4, 0.5) is 14.5 Å². The second-order valence-corrected chi connectivity index (χ2v) is 16.9. The van der Waals surface area contributed by atoms with Gasteiger partial charge in [0.1, 0.15) is 11.4 Å². The molecule has 2 fully saturated rings. The molecule has 0 aromatic heterocycles. The second kappa shape index (κ2) is 13.1. The van der Waals surface area contributed by atoms with Crippen molar-refractivity contribution in [2.75, 3.05) is 57.4 Å². The van der Waals surface area contributed by atoms with Gasteiger partial charge in [-0.05, 0) is 99.2 Å². The van der Waals surface area contributed by atoms with E-state index in [1.165, 1.54) is 31.0 Å².